The van der Waals surface area contributed by atoms with Crippen LogP contribution < -0.4 is 0 Å². The summed E-state index contributed by atoms with van der Waals surface area (Å²) in [5, 5.41) is 8.88. The Morgan fingerprint density at radius 2 is 1.80 bits per heavy atom. The van der Waals surface area contributed by atoms with Crippen LogP contribution in [0.25, 0.3) is 0 Å². The summed E-state index contributed by atoms with van der Waals surface area (Å²) < 4.78 is 0. The van der Waals surface area contributed by atoms with Crippen molar-refractivity contribution in [1.82, 2.24) is 9.80 Å². The highest BCUT2D eigenvalue weighted by Gasteiger charge is 2.34. The third-order valence-electron chi connectivity index (χ3n) is 4.43. The normalized spacial score (nSPS) is 24.3. The van der Waals surface area contributed by atoms with Crippen LogP contribution in [0.5, 0.6) is 0 Å². The van der Waals surface area contributed by atoms with Gasteiger partial charge < -0.3 is 10.0 Å². The number of likely N-dealkylation sites (tertiary alicyclic amines) is 2. The lowest BCUT2D eigenvalue weighted by Gasteiger charge is -2.27. The molecule has 0 saturated carbocycles. The Morgan fingerprint density at radius 3 is 2.40 bits per heavy atom. The fourth-order valence-corrected chi connectivity index (χ4v) is 3.37. The first-order valence-electron chi connectivity index (χ1n) is 7.61. The molecule has 2 fully saturated rings. The van der Waals surface area contributed by atoms with Crippen LogP contribution >= 0.6 is 0 Å². The molecular weight excluding hydrogens is 256 g/mol. The number of hydrogen-bond donors (Lipinski definition) is 1. The predicted octanol–water partition coefficient (Wildman–Crippen LogP) is 1.57. The number of amides is 1. The SMILES string of the molecule is CC(C)(CC(=O)O)CC(=O)N1CCC(N2CCCC2)C1. The van der Waals surface area contributed by atoms with Crippen molar-refractivity contribution in [2.45, 2.75) is 52.0 Å². The highest BCUT2D eigenvalue weighted by atomic mass is 16.4. The number of carbonyl (C=O) groups is 2. The maximum atomic E-state index is 12.3. The summed E-state index contributed by atoms with van der Waals surface area (Å²) in [4.78, 5) is 27.5. The second-order valence-corrected chi connectivity index (χ2v) is 6.94. The molecule has 2 rings (SSSR count). The summed E-state index contributed by atoms with van der Waals surface area (Å²) >= 11 is 0. The molecule has 1 amide bonds. The number of aliphatic carboxylic acids is 1. The van der Waals surface area contributed by atoms with Gasteiger partial charge >= 0.3 is 5.97 Å². The van der Waals surface area contributed by atoms with Crippen molar-refractivity contribution in [3.63, 3.8) is 0 Å². The number of carboxylic acid groups (broad SMARTS) is 1. The minimum Gasteiger partial charge on any atom is -0.481 e. The lowest BCUT2D eigenvalue weighted by molar-refractivity contribution is -0.140. The Balaban J connectivity index is 1.83. The highest BCUT2D eigenvalue weighted by Crippen LogP contribution is 2.28. The molecule has 2 aliphatic rings. The van der Waals surface area contributed by atoms with Gasteiger partial charge in [-0.2, -0.15) is 0 Å². The van der Waals surface area contributed by atoms with E-state index in [1.807, 2.05) is 18.7 Å². The zero-order valence-corrected chi connectivity index (χ0v) is 12.6. The lowest BCUT2D eigenvalue weighted by atomic mass is 9.85. The summed E-state index contributed by atoms with van der Waals surface area (Å²) in [6, 6.07) is 0.518. The van der Waals surface area contributed by atoms with Crippen LogP contribution in [0.1, 0.15) is 46.0 Å². The van der Waals surface area contributed by atoms with Crippen molar-refractivity contribution in [2.24, 2.45) is 5.41 Å². The Bertz CT molecular complexity index is 375. The number of carbonyl (C=O) groups excluding carboxylic acids is 1. The number of rotatable bonds is 5. The van der Waals surface area contributed by atoms with E-state index in [1.165, 1.54) is 12.8 Å². The van der Waals surface area contributed by atoms with Gasteiger partial charge in [0.05, 0.1) is 6.42 Å². The Labute approximate surface area is 120 Å². The molecule has 2 aliphatic heterocycles. The molecule has 0 aromatic heterocycles. The summed E-state index contributed by atoms with van der Waals surface area (Å²) in [5.41, 5.74) is -0.464. The van der Waals surface area contributed by atoms with Gasteiger partial charge in [0.1, 0.15) is 0 Å². The van der Waals surface area contributed by atoms with Crippen LogP contribution in [0, 0.1) is 5.41 Å². The van der Waals surface area contributed by atoms with E-state index >= 15 is 0 Å². The van der Waals surface area contributed by atoms with E-state index in [-0.39, 0.29) is 12.3 Å². The zero-order chi connectivity index (χ0) is 14.8. The number of carboxylic acids is 1. The van der Waals surface area contributed by atoms with Crippen LogP contribution in [-0.4, -0.2) is 59.0 Å². The predicted molar refractivity (Wildman–Crippen MR) is 76.4 cm³/mol. The molecule has 0 bridgehead atoms. The van der Waals surface area contributed by atoms with Crippen molar-refractivity contribution >= 4 is 11.9 Å². The maximum Gasteiger partial charge on any atom is 0.303 e. The largest absolute Gasteiger partial charge is 0.481 e. The van der Waals surface area contributed by atoms with Gasteiger partial charge in [0, 0.05) is 25.6 Å². The molecule has 2 saturated heterocycles. The van der Waals surface area contributed by atoms with E-state index in [2.05, 4.69) is 4.90 Å². The van der Waals surface area contributed by atoms with E-state index in [0.717, 1.165) is 32.6 Å². The van der Waals surface area contributed by atoms with Crippen LogP contribution in [0.15, 0.2) is 0 Å². The van der Waals surface area contributed by atoms with Gasteiger partial charge in [-0.3, -0.25) is 14.5 Å². The fourth-order valence-electron chi connectivity index (χ4n) is 3.37. The molecule has 0 radical (unpaired) electrons. The van der Waals surface area contributed by atoms with E-state index in [4.69, 9.17) is 5.11 Å². The minimum atomic E-state index is -0.834. The van der Waals surface area contributed by atoms with Crippen molar-refractivity contribution in [2.75, 3.05) is 26.2 Å². The topological polar surface area (TPSA) is 60.9 Å². The molecule has 5 nitrogen and oxygen atoms in total. The quantitative estimate of drug-likeness (QED) is 0.831. The summed E-state index contributed by atoms with van der Waals surface area (Å²) in [6.07, 6.45) is 3.98. The van der Waals surface area contributed by atoms with Gasteiger partial charge in [-0.1, -0.05) is 13.8 Å². The minimum absolute atomic E-state index is 0.0438. The summed E-state index contributed by atoms with van der Waals surface area (Å²) in [7, 11) is 0. The van der Waals surface area contributed by atoms with Crippen LogP contribution in [-0.2, 0) is 9.59 Å². The summed E-state index contributed by atoms with van der Waals surface area (Å²) in [6.45, 7) is 7.68. The second-order valence-electron chi connectivity index (χ2n) is 6.94. The third kappa shape index (κ3) is 3.95. The Kier molecular flexibility index (Phi) is 4.68. The lowest BCUT2D eigenvalue weighted by Crippen LogP contribution is -2.38. The van der Waals surface area contributed by atoms with E-state index in [1.54, 1.807) is 0 Å². The molecule has 114 valence electrons. The molecule has 2 heterocycles. The molecule has 20 heavy (non-hydrogen) atoms. The van der Waals surface area contributed by atoms with Gasteiger partial charge in [-0.15, -0.1) is 0 Å². The van der Waals surface area contributed by atoms with Crippen LogP contribution in [0.4, 0.5) is 0 Å². The number of hydrogen-bond acceptors (Lipinski definition) is 3. The summed E-state index contributed by atoms with van der Waals surface area (Å²) in [5.74, 6) is -0.725. The second kappa shape index (κ2) is 6.12. The van der Waals surface area contributed by atoms with E-state index in [0.29, 0.717) is 12.5 Å². The third-order valence-corrected chi connectivity index (χ3v) is 4.43. The average molecular weight is 282 g/mol. The van der Waals surface area contributed by atoms with Gasteiger partial charge in [0.15, 0.2) is 0 Å². The standard InChI is InChI=1S/C15H26N2O3/c1-15(2,10-14(19)20)9-13(18)17-8-5-12(11-17)16-6-3-4-7-16/h12H,3-11H2,1-2H3,(H,19,20). The van der Waals surface area contributed by atoms with Gasteiger partial charge in [0.25, 0.3) is 0 Å². The molecule has 0 aromatic rings. The first-order valence-corrected chi connectivity index (χ1v) is 7.61. The Morgan fingerprint density at radius 1 is 1.15 bits per heavy atom. The maximum absolute atomic E-state index is 12.3. The highest BCUT2D eigenvalue weighted by molar-refractivity contribution is 5.78. The number of nitrogens with zero attached hydrogens (tertiary/aromatic N) is 2. The first-order chi connectivity index (χ1) is 9.37. The molecule has 1 atom stereocenters. The zero-order valence-electron chi connectivity index (χ0n) is 12.6. The molecule has 0 aliphatic carbocycles. The van der Waals surface area contributed by atoms with Crippen LogP contribution in [0.2, 0.25) is 0 Å². The first kappa shape index (κ1) is 15.3. The van der Waals surface area contributed by atoms with Crippen molar-refractivity contribution in [3.05, 3.63) is 0 Å². The molecule has 0 spiro atoms. The van der Waals surface area contributed by atoms with Gasteiger partial charge in [-0.05, 0) is 37.8 Å². The van der Waals surface area contributed by atoms with E-state index in [9.17, 15) is 9.59 Å². The monoisotopic (exact) mass is 282 g/mol. The van der Waals surface area contributed by atoms with Crippen LogP contribution in [0.3, 0.4) is 0 Å². The van der Waals surface area contributed by atoms with Crippen molar-refractivity contribution in [3.8, 4) is 0 Å². The molecule has 1 N–H and O–H groups in total. The fraction of sp³-hybridized carbons (Fsp3) is 0.867. The Hall–Kier alpha value is -1.10. The molecule has 0 aromatic carbocycles. The van der Waals surface area contributed by atoms with Crippen molar-refractivity contribution in [1.29, 1.82) is 0 Å². The average Bonchev–Trinajstić information content (AvgIpc) is 2.97. The van der Waals surface area contributed by atoms with Gasteiger partial charge in [-0.25, -0.2) is 0 Å². The van der Waals surface area contributed by atoms with Crippen molar-refractivity contribution < 1.29 is 14.7 Å². The molecular formula is C15H26N2O3. The molecule has 1 unspecified atom stereocenters. The van der Waals surface area contributed by atoms with E-state index < -0.39 is 11.4 Å². The van der Waals surface area contributed by atoms with Gasteiger partial charge in [0.2, 0.25) is 5.91 Å². The smallest absolute Gasteiger partial charge is 0.303 e. The molecule has 5 heteroatoms.